The summed E-state index contributed by atoms with van der Waals surface area (Å²) in [5.74, 6) is 1.42. The van der Waals surface area contributed by atoms with Crippen LogP contribution in [0.3, 0.4) is 0 Å². The summed E-state index contributed by atoms with van der Waals surface area (Å²) in [5.41, 5.74) is 8.23. The summed E-state index contributed by atoms with van der Waals surface area (Å²) in [5, 5.41) is 18.7. The van der Waals surface area contributed by atoms with Gasteiger partial charge in [0.15, 0.2) is 0 Å². The van der Waals surface area contributed by atoms with Crippen LogP contribution in [-0.4, -0.2) is 52.5 Å². The molecule has 6 rings (SSSR count). The van der Waals surface area contributed by atoms with E-state index in [0.29, 0.717) is 49.4 Å². The molecule has 10 heteroatoms. The number of carbonyl (C=O) groups excluding carboxylic acids is 2. The number of nitrogens with zero attached hydrogens (tertiary/aromatic N) is 3. The summed E-state index contributed by atoms with van der Waals surface area (Å²) < 4.78 is 7.89. The molecule has 3 aromatic carbocycles. The van der Waals surface area contributed by atoms with E-state index in [1.807, 2.05) is 58.4 Å². The Bertz CT molecular complexity index is 1800. The predicted molar refractivity (Wildman–Crippen MR) is 181 cm³/mol. The van der Waals surface area contributed by atoms with E-state index in [2.05, 4.69) is 54.7 Å². The number of aryl methyl sites for hydroxylation is 1. The van der Waals surface area contributed by atoms with Crippen molar-refractivity contribution in [3.63, 3.8) is 0 Å². The number of ether oxygens (including phenoxy) is 1. The van der Waals surface area contributed by atoms with Crippen LogP contribution in [-0.2, 0) is 16.1 Å². The highest BCUT2D eigenvalue weighted by Crippen LogP contribution is 2.61. The summed E-state index contributed by atoms with van der Waals surface area (Å²) in [6, 6.07) is 19.3. The van der Waals surface area contributed by atoms with E-state index in [-0.39, 0.29) is 18.9 Å². The number of hydrogen-bond donors (Lipinski definition) is 3. The number of fused-ring (bicyclic) bond motifs is 3. The molecular formula is C37H41N5O5. The smallest absolute Gasteiger partial charge is 0.319 e. The molecule has 1 aromatic heterocycles. The van der Waals surface area contributed by atoms with Crippen molar-refractivity contribution in [1.82, 2.24) is 15.1 Å². The lowest BCUT2D eigenvalue weighted by Crippen LogP contribution is -2.36. The molecule has 3 unspecified atom stereocenters. The van der Waals surface area contributed by atoms with Gasteiger partial charge in [-0.25, -0.2) is 4.79 Å². The monoisotopic (exact) mass is 635 g/mol. The number of aliphatic carboxylic acids is 1. The lowest BCUT2D eigenvalue weighted by atomic mass is 9.92. The van der Waals surface area contributed by atoms with Gasteiger partial charge >= 0.3 is 12.0 Å². The van der Waals surface area contributed by atoms with Crippen LogP contribution in [0.5, 0.6) is 5.75 Å². The van der Waals surface area contributed by atoms with E-state index in [1.54, 1.807) is 6.07 Å². The van der Waals surface area contributed by atoms with Gasteiger partial charge in [0.2, 0.25) is 5.91 Å². The van der Waals surface area contributed by atoms with Gasteiger partial charge in [0.05, 0.1) is 25.8 Å². The highest BCUT2D eigenvalue weighted by Gasteiger charge is 2.54. The summed E-state index contributed by atoms with van der Waals surface area (Å²) in [7, 11) is 0. The Morgan fingerprint density at radius 2 is 1.85 bits per heavy atom. The second kappa shape index (κ2) is 13.7. The number of carboxylic acids is 1. The van der Waals surface area contributed by atoms with Crippen LogP contribution in [0.2, 0.25) is 0 Å². The first-order valence-corrected chi connectivity index (χ1v) is 16.2. The van der Waals surface area contributed by atoms with Gasteiger partial charge in [0.1, 0.15) is 5.75 Å². The third-order valence-electron chi connectivity index (χ3n) is 9.41. The SMILES string of the molecule is Cc1cccc(OCCCC(=O)N2CC3C(C)C3c3c(-c4cnn(Cc5cccc(NC(=O)NCCC(=O)O)c5)c4)cccc32)c1C. The van der Waals surface area contributed by atoms with Crippen LogP contribution in [0.15, 0.2) is 73.1 Å². The van der Waals surface area contributed by atoms with Crippen molar-refractivity contribution in [1.29, 1.82) is 0 Å². The van der Waals surface area contributed by atoms with E-state index in [4.69, 9.17) is 9.84 Å². The van der Waals surface area contributed by atoms with E-state index in [9.17, 15) is 14.4 Å². The maximum absolute atomic E-state index is 13.6. The molecule has 4 aromatic rings. The fourth-order valence-corrected chi connectivity index (χ4v) is 6.64. The number of benzene rings is 3. The highest BCUT2D eigenvalue weighted by atomic mass is 16.5. The van der Waals surface area contributed by atoms with E-state index < -0.39 is 12.0 Å². The second-order valence-electron chi connectivity index (χ2n) is 12.6. The molecule has 47 heavy (non-hydrogen) atoms. The van der Waals surface area contributed by atoms with E-state index >= 15 is 0 Å². The Labute approximate surface area is 274 Å². The van der Waals surface area contributed by atoms with Crippen LogP contribution in [0.1, 0.15) is 54.4 Å². The number of rotatable bonds is 12. The number of carbonyl (C=O) groups is 3. The molecule has 3 atom stereocenters. The first-order valence-electron chi connectivity index (χ1n) is 16.2. The van der Waals surface area contributed by atoms with Crippen LogP contribution >= 0.6 is 0 Å². The number of nitrogens with one attached hydrogen (secondary N) is 2. The Kier molecular flexibility index (Phi) is 9.29. The van der Waals surface area contributed by atoms with Crippen LogP contribution in [0, 0.1) is 25.7 Å². The van der Waals surface area contributed by atoms with Crippen molar-refractivity contribution in [2.24, 2.45) is 11.8 Å². The van der Waals surface area contributed by atoms with Crippen molar-refractivity contribution in [3.05, 3.63) is 95.3 Å². The standard InChI is InChI=1S/C37H41N5O5/c1-23-8-4-13-32(24(23)2)47-17-7-14-33(43)42-22-30-25(3)35(30)36-29(11-6-12-31(36)42)27-19-39-41(21-27)20-26-9-5-10-28(18-26)40-37(46)38-16-15-34(44)45/h4-6,8-13,18-19,21,25,30,35H,7,14-17,20,22H2,1-3H3,(H,44,45)(H2,38,40,46). The zero-order chi connectivity index (χ0) is 33.1. The molecule has 2 aliphatic rings. The molecule has 1 aliphatic carbocycles. The van der Waals surface area contributed by atoms with Gasteiger partial charge in [-0.3, -0.25) is 14.3 Å². The molecule has 0 bridgehead atoms. The molecule has 3 N–H and O–H groups in total. The molecule has 2 heterocycles. The van der Waals surface area contributed by atoms with Gasteiger partial charge < -0.3 is 25.4 Å². The first-order chi connectivity index (χ1) is 22.7. The average Bonchev–Trinajstić information content (AvgIpc) is 3.46. The quantitative estimate of drug-likeness (QED) is 0.156. The van der Waals surface area contributed by atoms with E-state index in [0.717, 1.165) is 40.2 Å². The number of aromatic nitrogens is 2. The van der Waals surface area contributed by atoms with Gasteiger partial charge in [-0.05, 0) is 90.1 Å². The molecule has 3 amide bonds. The number of amides is 3. The first kappa shape index (κ1) is 31.8. The van der Waals surface area contributed by atoms with Crippen LogP contribution in [0.4, 0.5) is 16.2 Å². The highest BCUT2D eigenvalue weighted by molar-refractivity contribution is 5.97. The predicted octanol–water partition coefficient (Wildman–Crippen LogP) is 6.37. The molecule has 0 saturated heterocycles. The third-order valence-corrected chi connectivity index (χ3v) is 9.41. The summed E-state index contributed by atoms with van der Waals surface area (Å²) in [4.78, 5) is 38.4. The Morgan fingerprint density at radius 3 is 2.68 bits per heavy atom. The Morgan fingerprint density at radius 1 is 1.04 bits per heavy atom. The van der Waals surface area contributed by atoms with Crippen molar-refractivity contribution >= 4 is 29.3 Å². The molecule has 1 aliphatic heterocycles. The zero-order valence-corrected chi connectivity index (χ0v) is 27.0. The van der Waals surface area contributed by atoms with Gasteiger partial charge in [0.25, 0.3) is 0 Å². The summed E-state index contributed by atoms with van der Waals surface area (Å²) >= 11 is 0. The Balaban J connectivity index is 1.12. The average molecular weight is 636 g/mol. The molecular weight excluding hydrogens is 594 g/mol. The van der Waals surface area contributed by atoms with Gasteiger partial charge in [-0.2, -0.15) is 5.10 Å². The van der Waals surface area contributed by atoms with Crippen molar-refractivity contribution in [2.45, 2.75) is 52.5 Å². The van der Waals surface area contributed by atoms with Crippen molar-refractivity contribution < 1.29 is 24.2 Å². The molecule has 0 radical (unpaired) electrons. The largest absolute Gasteiger partial charge is 0.493 e. The maximum Gasteiger partial charge on any atom is 0.319 e. The molecule has 10 nitrogen and oxygen atoms in total. The fourth-order valence-electron chi connectivity index (χ4n) is 6.64. The summed E-state index contributed by atoms with van der Waals surface area (Å²) in [6.07, 6.45) is 4.85. The third kappa shape index (κ3) is 7.16. The maximum atomic E-state index is 13.6. The zero-order valence-electron chi connectivity index (χ0n) is 27.0. The number of hydrogen-bond acceptors (Lipinski definition) is 5. The fraction of sp³-hybridized carbons (Fsp3) is 0.351. The number of anilines is 2. The molecule has 1 fully saturated rings. The number of carboxylic acid groups (broad SMARTS) is 1. The molecule has 1 saturated carbocycles. The minimum Gasteiger partial charge on any atom is -0.493 e. The van der Waals surface area contributed by atoms with Crippen molar-refractivity contribution in [2.75, 3.05) is 29.9 Å². The normalized spacial score (nSPS) is 17.8. The van der Waals surface area contributed by atoms with Gasteiger partial charge in [-0.15, -0.1) is 0 Å². The van der Waals surface area contributed by atoms with Crippen LogP contribution in [0.25, 0.3) is 11.1 Å². The van der Waals surface area contributed by atoms with Gasteiger partial charge in [0, 0.05) is 42.6 Å². The number of urea groups is 1. The summed E-state index contributed by atoms with van der Waals surface area (Å²) in [6.45, 7) is 8.21. The van der Waals surface area contributed by atoms with Crippen LogP contribution < -0.4 is 20.3 Å². The topological polar surface area (TPSA) is 126 Å². The Hall–Kier alpha value is -5.12. The molecule has 244 valence electrons. The van der Waals surface area contributed by atoms with E-state index in [1.165, 1.54) is 11.1 Å². The lowest BCUT2D eigenvalue weighted by molar-refractivity contribution is -0.136. The minimum atomic E-state index is -0.968. The lowest BCUT2D eigenvalue weighted by Gasteiger charge is -2.30. The van der Waals surface area contributed by atoms with Gasteiger partial charge in [-0.1, -0.05) is 43.3 Å². The molecule has 0 spiro atoms. The minimum absolute atomic E-state index is 0.0512. The second-order valence-corrected chi connectivity index (χ2v) is 12.6. The van der Waals surface area contributed by atoms with Crippen molar-refractivity contribution in [3.8, 4) is 16.9 Å².